The second-order valence-corrected chi connectivity index (χ2v) is 19.8. The predicted molar refractivity (Wildman–Crippen MR) is 325 cm³/mol. The van der Waals surface area contributed by atoms with Crippen LogP contribution in [0, 0.1) is 16.0 Å². The Morgan fingerprint density at radius 3 is 1.37 bits per heavy atom. The number of anilines is 1. The molecular weight excluding hydrogens is 1160 g/mol. The molecule has 0 unspecified atom stereocenters. The zero-order valence-corrected chi connectivity index (χ0v) is 51.2. The number of fused-ring (bicyclic) bond motifs is 3. The number of nitro groups is 1. The van der Waals surface area contributed by atoms with Crippen LogP contribution in [0.3, 0.4) is 0 Å². The molecule has 4 aromatic carbocycles. The Kier molecular flexibility index (Phi) is 39.0. The first-order valence-corrected chi connectivity index (χ1v) is 30.2. The summed E-state index contributed by atoms with van der Waals surface area (Å²) in [6.07, 6.45) is 0.469. The minimum absolute atomic E-state index is 0.0827. The van der Waals surface area contributed by atoms with E-state index < -0.39 is 23.0 Å². The minimum Gasteiger partial charge on any atom is -0.465 e. The Balaban J connectivity index is 0.819. The molecule has 0 fully saturated rings. The largest absolute Gasteiger partial charge is 0.514 e. The molecule has 1 aliphatic rings. The molecular formula is C64H89N3O22. The van der Waals surface area contributed by atoms with E-state index in [2.05, 4.69) is 22.8 Å². The van der Waals surface area contributed by atoms with E-state index in [1.54, 1.807) is 31.4 Å². The quantitative estimate of drug-likeness (QED) is 0.0146. The van der Waals surface area contributed by atoms with E-state index in [0.717, 1.165) is 22.3 Å². The van der Waals surface area contributed by atoms with E-state index in [9.17, 15) is 29.3 Å². The van der Waals surface area contributed by atoms with Crippen molar-refractivity contribution in [1.29, 1.82) is 0 Å². The van der Waals surface area contributed by atoms with E-state index in [-0.39, 0.29) is 61.8 Å². The number of non-ortho nitro benzene ring substituents is 1. The van der Waals surface area contributed by atoms with E-state index >= 15 is 0 Å². The summed E-state index contributed by atoms with van der Waals surface area (Å²) < 4.78 is 87.0. The van der Waals surface area contributed by atoms with Crippen LogP contribution in [-0.4, -0.2) is 214 Å². The van der Waals surface area contributed by atoms with Crippen molar-refractivity contribution in [2.24, 2.45) is 5.92 Å². The molecule has 0 aromatic heterocycles. The number of hydrogen-bond acceptors (Lipinski definition) is 22. The third-order valence-corrected chi connectivity index (χ3v) is 13.3. The summed E-state index contributed by atoms with van der Waals surface area (Å²) in [4.78, 5) is 62.5. The number of amides is 2. The SMILES string of the molecule is COCCOCCOCCOCCOCCOCCOCCOCCOCCOCCOCCOCCOCCC(=O)NCCCC[C@H](CC(=O)OCC1c2ccccc2-c2ccccc21)C(=O)Nc1ccc(COC(=O)Oc2ccc([N+](=O)[O-])cc2)cc1. The number of methoxy groups -OCH3 is 1. The lowest BCUT2D eigenvalue weighted by molar-refractivity contribution is -0.384. The molecule has 1 aliphatic carbocycles. The zero-order chi connectivity index (χ0) is 63.0. The summed E-state index contributed by atoms with van der Waals surface area (Å²) >= 11 is 0. The standard InChI is InChI=1S/C64H89N3O22/c1-74-24-25-76-28-29-78-32-33-80-36-37-82-40-41-84-44-45-86-47-46-85-43-42-83-39-38-81-35-34-79-31-30-77-27-26-75-23-21-61(68)65-22-7-6-8-52(48-62(69)87-50-60-58-11-4-2-9-56(58)57-10-3-5-12-59(57)60)63(70)66-53-15-13-51(14-16-53)49-88-64(71)89-55-19-17-54(18-20-55)67(72)73/h2-5,9-20,52,60H,6-8,21-50H2,1H3,(H,65,68)(H,66,70)/t52-/m1/s1. The molecule has 5 rings (SSSR count). The van der Waals surface area contributed by atoms with Crippen LogP contribution >= 0.6 is 0 Å². The number of rotatable bonds is 54. The number of benzene rings is 4. The fourth-order valence-electron chi connectivity index (χ4n) is 8.69. The molecule has 4 aromatic rings. The molecule has 0 saturated carbocycles. The number of esters is 1. The molecule has 492 valence electrons. The van der Waals surface area contributed by atoms with Gasteiger partial charge in [-0.15, -0.1) is 0 Å². The first-order valence-electron chi connectivity index (χ1n) is 30.2. The third kappa shape index (κ3) is 32.7. The van der Waals surface area contributed by atoms with E-state index in [4.69, 9.17) is 75.8 Å². The number of nitrogens with one attached hydrogen (secondary N) is 2. The van der Waals surface area contributed by atoms with Gasteiger partial charge in [-0.25, -0.2) is 4.79 Å². The summed E-state index contributed by atoms with van der Waals surface area (Å²) in [7, 11) is 1.64. The van der Waals surface area contributed by atoms with Gasteiger partial charge in [-0.2, -0.15) is 0 Å². The van der Waals surface area contributed by atoms with E-state index in [1.807, 2.05) is 36.4 Å². The Morgan fingerprint density at radius 1 is 0.506 bits per heavy atom. The number of hydrogen-bond donors (Lipinski definition) is 2. The number of nitro benzene ring substituents is 1. The van der Waals surface area contributed by atoms with Crippen molar-refractivity contribution >= 4 is 35.3 Å². The summed E-state index contributed by atoms with van der Waals surface area (Å²) in [6, 6.07) is 27.7. The van der Waals surface area contributed by atoms with Crippen molar-refractivity contribution in [3.63, 3.8) is 0 Å². The second-order valence-electron chi connectivity index (χ2n) is 19.8. The van der Waals surface area contributed by atoms with Crippen LogP contribution < -0.4 is 15.4 Å². The Hall–Kier alpha value is -6.56. The average Bonchev–Trinajstić information content (AvgIpc) is 1.65. The fourth-order valence-corrected chi connectivity index (χ4v) is 8.69. The number of carbonyl (C=O) groups is 4. The van der Waals surface area contributed by atoms with Crippen LogP contribution in [-0.2, 0) is 92.0 Å². The average molecular weight is 1250 g/mol. The highest BCUT2D eigenvalue weighted by Gasteiger charge is 2.30. The molecule has 0 bridgehead atoms. The van der Waals surface area contributed by atoms with Gasteiger partial charge in [-0.05, 0) is 64.9 Å². The number of carbonyl (C=O) groups excluding carboxylic acids is 4. The van der Waals surface area contributed by atoms with Gasteiger partial charge in [0.2, 0.25) is 11.8 Å². The van der Waals surface area contributed by atoms with Crippen LogP contribution in [0.15, 0.2) is 97.1 Å². The maximum Gasteiger partial charge on any atom is 0.514 e. The molecule has 0 radical (unpaired) electrons. The van der Waals surface area contributed by atoms with Crippen LogP contribution in [0.5, 0.6) is 5.75 Å². The lowest BCUT2D eigenvalue weighted by atomic mass is 9.96. The molecule has 0 spiro atoms. The number of unbranched alkanes of at least 4 members (excludes halogenated alkanes) is 1. The Bertz CT molecular complexity index is 2520. The summed E-state index contributed by atoms with van der Waals surface area (Å²) in [5.74, 6) is -1.84. The van der Waals surface area contributed by atoms with Crippen molar-refractivity contribution in [3.05, 3.63) is 124 Å². The fraction of sp³-hybridized carbons (Fsp3) is 0.562. The van der Waals surface area contributed by atoms with Crippen molar-refractivity contribution in [1.82, 2.24) is 5.32 Å². The summed E-state index contributed by atoms with van der Waals surface area (Å²) in [5.41, 5.74) is 5.28. The van der Waals surface area contributed by atoms with Gasteiger partial charge >= 0.3 is 12.1 Å². The van der Waals surface area contributed by atoms with Gasteiger partial charge in [-0.1, -0.05) is 67.1 Å². The third-order valence-electron chi connectivity index (χ3n) is 13.3. The van der Waals surface area contributed by atoms with Crippen molar-refractivity contribution in [3.8, 4) is 16.9 Å². The summed E-state index contributed by atoms with van der Waals surface area (Å²) in [5, 5.41) is 16.7. The highest BCUT2D eigenvalue weighted by atomic mass is 16.7. The maximum atomic E-state index is 13.8. The maximum absolute atomic E-state index is 13.8. The Labute approximate surface area is 520 Å². The van der Waals surface area contributed by atoms with Crippen LogP contribution in [0.4, 0.5) is 16.2 Å². The van der Waals surface area contributed by atoms with Gasteiger partial charge in [-0.3, -0.25) is 24.5 Å². The van der Waals surface area contributed by atoms with Crippen LogP contribution in [0.2, 0.25) is 0 Å². The smallest absolute Gasteiger partial charge is 0.465 e. The lowest BCUT2D eigenvalue weighted by Crippen LogP contribution is -2.28. The zero-order valence-electron chi connectivity index (χ0n) is 51.2. The van der Waals surface area contributed by atoms with Gasteiger partial charge in [0.15, 0.2) is 0 Å². The highest BCUT2D eigenvalue weighted by Crippen LogP contribution is 2.44. The second kappa shape index (κ2) is 47.4. The normalized spacial score (nSPS) is 12.1. The first-order chi connectivity index (χ1) is 43.7. The molecule has 2 amide bonds. The van der Waals surface area contributed by atoms with Crippen molar-refractivity contribution in [2.75, 3.05) is 191 Å². The highest BCUT2D eigenvalue weighted by molar-refractivity contribution is 5.94. The van der Waals surface area contributed by atoms with Crippen LogP contribution in [0.25, 0.3) is 11.1 Å². The molecule has 25 nitrogen and oxygen atoms in total. The van der Waals surface area contributed by atoms with Crippen molar-refractivity contribution in [2.45, 2.75) is 44.6 Å². The van der Waals surface area contributed by atoms with Gasteiger partial charge in [0.1, 0.15) is 19.0 Å². The molecule has 25 heteroatoms. The molecule has 0 heterocycles. The van der Waals surface area contributed by atoms with Gasteiger partial charge in [0.05, 0.1) is 177 Å². The van der Waals surface area contributed by atoms with Gasteiger partial charge in [0.25, 0.3) is 5.69 Å². The van der Waals surface area contributed by atoms with Gasteiger partial charge in [0, 0.05) is 49.7 Å². The lowest BCUT2D eigenvalue weighted by Gasteiger charge is -2.18. The molecule has 1 atom stereocenters. The first kappa shape index (κ1) is 73.2. The monoisotopic (exact) mass is 1250 g/mol. The predicted octanol–water partition coefficient (Wildman–Crippen LogP) is 7.13. The summed E-state index contributed by atoms with van der Waals surface area (Å²) in [6.45, 7) is 11.7. The van der Waals surface area contributed by atoms with Gasteiger partial charge < -0.3 is 86.4 Å². The molecule has 2 N–H and O–H groups in total. The van der Waals surface area contributed by atoms with Crippen molar-refractivity contribution < 1.29 is 99.9 Å². The number of ether oxygens (including phenoxy) is 16. The Morgan fingerprint density at radius 2 is 0.933 bits per heavy atom. The van der Waals surface area contributed by atoms with E-state index in [0.29, 0.717) is 196 Å². The van der Waals surface area contributed by atoms with E-state index in [1.165, 1.54) is 24.3 Å². The van der Waals surface area contributed by atoms with Crippen LogP contribution in [0.1, 0.15) is 54.7 Å². The molecule has 89 heavy (non-hydrogen) atoms. The number of nitrogens with zero attached hydrogens (tertiary/aromatic N) is 1. The minimum atomic E-state index is -0.999. The molecule has 0 saturated heterocycles. The topological polar surface area (TPSA) is 283 Å². The molecule has 0 aliphatic heterocycles.